The summed E-state index contributed by atoms with van der Waals surface area (Å²) in [6.45, 7) is 4.14. The maximum atomic E-state index is 14.4. The van der Waals surface area contributed by atoms with Gasteiger partial charge in [-0.3, -0.25) is 9.10 Å². The van der Waals surface area contributed by atoms with Gasteiger partial charge in [-0.15, -0.1) is 0 Å². The number of nitrogens with one attached hydrogen (secondary N) is 1. The van der Waals surface area contributed by atoms with Crippen molar-refractivity contribution in [1.29, 1.82) is 5.26 Å². The van der Waals surface area contributed by atoms with Crippen LogP contribution in [-0.4, -0.2) is 92.6 Å². The number of anilines is 3. The molecule has 1 fully saturated rings. The number of benzene rings is 2. The summed E-state index contributed by atoms with van der Waals surface area (Å²) in [5.74, 6) is -0.0261. The summed E-state index contributed by atoms with van der Waals surface area (Å²) in [4.78, 5) is 24.3. The molecule has 1 aliphatic heterocycles. The van der Waals surface area contributed by atoms with Crippen LogP contribution in [0.25, 0.3) is 0 Å². The number of aromatic nitrogens is 2. The van der Waals surface area contributed by atoms with E-state index in [-0.39, 0.29) is 17.8 Å². The molecule has 15 heteroatoms. The number of nitrogens with zero attached hydrogens (tertiary/aromatic N) is 7. The highest BCUT2D eigenvalue weighted by Gasteiger charge is 2.28. The molecule has 228 valence electrons. The Morgan fingerprint density at radius 2 is 1.77 bits per heavy atom. The fraction of sp³-hybridized carbons (Fsp3) is 0.357. The Morgan fingerprint density at radius 3 is 2.40 bits per heavy atom. The molecule has 1 unspecified atom stereocenters. The van der Waals surface area contributed by atoms with Crippen molar-refractivity contribution in [3.8, 4) is 6.07 Å². The number of amides is 1. The number of rotatable bonds is 10. The van der Waals surface area contributed by atoms with E-state index in [0.717, 1.165) is 10.6 Å². The van der Waals surface area contributed by atoms with Crippen molar-refractivity contribution in [3.05, 3.63) is 71.5 Å². The van der Waals surface area contributed by atoms with E-state index in [1.807, 2.05) is 16.1 Å². The van der Waals surface area contributed by atoms with Crippen LogP contribution in [0.15, 0.2) is 63.9 Å². The Morgan fingerprint density at radius 1 is 1.09 bits per heavy atom. The molecule has 4 rings (SSSR count). The van der Waals surface area contributed by atoms with E-state index in [1.54, 1.807) is 61.7 Å². The minimum absolute atomic E-state index is 0.190. The highest BCUT2D eigenvalue weighted by molar-refractivity contribution is 7.92. The van der Waals surface area contributed by atoms with Gasteiger partial charge in [-0.1, -0.05) is 12.1 Å². The third-order valence-electron chi connectivity index (χ3n) is 6.79. The maximum Gasteiger partial charge on any atom is 0.257 e. The van der Waals surface area contributed by atoms with E-state index < -0.39 is 25.8 Å². The van der Waals surface area contributed by atoms with Gasteiger partial charge < -0.3 is 15.0 Å². The van der Waals surface area contributed by atoms with Crippen LogP contribution in [0.4, 0.5) is 17.3 Å². The predicted octanol–water partition coefficient (Wildman–Crippen LogP) is 2.52. The number of carbonyl (C=O) groups excluding carboxylic acids is 1. The molecule has 0 saturated carbocycles. The Labute approximate surface area is 252 Å². The van der Waals surface area contributed by atoms with Gasteiger partial charge in [0.1, 0.15) is 21.7 Å². The third kappa shape index (κ3) is 7.46. The number of carbonyl (C=O) groups is 1. The number of sulfonamides is 1. The summed E-state index contributed by atoms with van der Waals surface area (Å²) < 4.78 is 51.2. The SMILES string of the molecule is COCCN=S(=O)(c1ccc(NC(=O)c2ccccc2N(C)S(C)(=O)=O)cc1)N1CCN(c2nc(C)cc(C#N)n2)CC1. The van der Waals surface area contributed by atoms with E-state index in [2.05, 4.69) is 25.7 Å². The van der Waals surface area contributed by atoms with Gasteiger partial charge in [-0.2, -0.15) is 5.26 Å². The summed E-state index contributed by atoms with van der Waals surface area (Å²) >= 11 is 0. The van der Waals surface area contributed by atoms with Gasteiger partial charge in [0.25, 0.3) is 5.91 Å². The van der Waals surface area contributed by atoms with Crippen LogP contribution in [0.2, 0.25) is 0 Å². The Hall–Kier alpha value is -4.10. The van der Waals surface area contributed by atoms with Crippen LogP contribution >= 0.6 is 0 Å². The molecule has 1 saturated heterocycles. The Bertz CT molecular complexity index is 1740. The normalized spacial score (nSPS) is 15.3. The smallest absolute Gasteiger partial charge is 0.257 e. The fourth-order valence-corrected chi connectivity index (χ4v) is 7.08. The van der Waals surface area contributed by atoms with E-state index >= 15 is 0 Å². The predicted molar refractivity (Wildman–Crippen MR) is 165 cm³/mol. The standard InChI is InChI=1S/C28H34N8O5S2/c1-21-19-23(20-29)33-28(31-21)35-14-16-36(17-15-35)43(40,30-13-18-41-3)24-11-9-22(10-12-24)32-27(37)25-7-5-6-8-26(25)34(2)42(4,38)39/h5-12,19H,13-18H2,1-4H3,(H,32,37). The van der Waals surface area contributed by atoms with Crippen LogP contribution in [-0.2, 0) is 24.7 Å². The molecule has 0 radical (unpaired) electrons. The molecule has 0 spiro atoms. The molecule has 1 aliphatic rings. The first kappa shape index (κ1) is 31.8. The molecule has 3 aromatic rings. The number of hydrogen-bond donors (Lipinski definition) is 1. The third-order valence-corrected chi connectivity index (χ3v) is 10.5. The maximum absolute atomic E-state index is 14.4. The molecule has 13 nitrogen and oxygen atoms in total. The lowest BCUT2D eigenvalue weighted by atomic mass is 10.1. The summed E-state index contributed by atoms with van der Waals surface area (Å²) in [6.07, 6.45) is 1.07. The first-order valence-electron chi connectivity index (χ1n) is 13.4. The molecule has 2 heterocycles. The second-order valence-corrected chi connectivity index (χ2v) is 14.0. The van der Waals surface area contributed by atoms with E-state index in [4.69, 9.17) is 4.74 Å². The average molecular weight is 627 g/mol. The highest BCUT2D eigenvalue weighted by atomic mass is 32.2. The first-order valence-corrected chi connectivity index (χ1v) is 16.7. The van der Waals surface area contributed by atoms with Crippen molar-refractivity contribution < 1.29 is 22.2 Å². The van der Waals surface area contributed by atoms with E-state index in [1.165, 1.54) is 7.05 Å². The summed E-state index contributed by atoms with van der Waals surface area (Å²) in [5.41, 5.74) is 1.87. The molecule has 1 amide bonds. The molecule has 0 aliphatic carbocycles. The number of piperazine rings is 1. The first-order chi connectivity index (χ1) is 20.5. The zero-order valence-corrected chi connectivity index (χ0v) is 26.1. The molecular weight excluding hydrogens is 592 g/mol. The molecule has 1 N–H and O–H groups in total. The second kappa shape index (κ2) is 13.5. The van der Waals surface area contributed by atoms with Crippen LogP contribution < -0.4 is 14.5 Å². The molecule has 0 bridgehead atoms. The summed E-state index contributed by atoms with van der Waals surface area (Å²) in [6, 6.07) is 16.7. The molecular formula is C28H34N8O5S2. The zero-order valence-electron chi connectivity index (χ0n) is 24.4. The van der Waals surface area contributed by atoms with E-state index in [9.17, 15) is 22.7 Å². The Kier molecular flexibility index (Phi) is 9.97. The van der Waals surface area contributed by atoms with Crippen molar-refractivity contribution in [2.75, 3.05) is 74.3 Å². The highest BCUT2D eigenvalue weighted by Crippen LogP contribution is 2.26. The van der Waals surface area contributed by atoms with Crippen LogP contribution in [0.1, 0.15) is 21.7 Å². The lowest BCUT2D eigenvalue weighted by Crippen LogP contribution is -2.49. The number of hydrogen-bond acceptors (Lipinski definition) is 10. The lowest BCUT2D eigenvalue weighted by Gasteiger charge is -2.36. The van der Waals surface area contributed by atoms with Crippen LogP contribution in [0, 0.1) is 18.3 Å². The molecule has 43 heavy (non-hydrogen) atoms. The number of nitriles is 1. The monoisotopic (exact) mass is 626 g/mol. The molecule has 2 aromatic carbocycles. The van der Waals surface area contributed by atoms with Crippen LogP contribution in [0.5, 0.6) is 0 Å². The number of ether oxygens (including phenoxy) is 1. The average Bonchev–Trinajstić information content (AvgIpc) is 3.00. The van der Waals surface area contributed by atoms with Crippen molar-refractivity contribution in [1.82, 2.24) is 14.3 Å². The summed E-state index contributed by atoms with van der Waals surface area (Å²) in [5, 5.41) is 12.1. The van der Waals surface area contributed by atoms with Gasteiger partial charge in [-0.05, 0) is 49.4 Å². The van der Waals surface area contributed by atoms with Gasteiger partial charge in [0.15, 0.2) is 0 Å². The number of aryl methyl sites for hydroxylation is 1. The lowest BCUT2D eigenvalue weighted by molar-refractivity contribution is 0.102. The van der Waals surface area contributed by atoms with Gasteiger partial charge in [-0.25, -0.2) is 31.3 Å². The minimum Gasteiger partial charge on any atom is -0.383 e. The zero-order chi connectivity index (χ0) is 31.2. The fourth-order valence-electron chi connectivity index (χ4n) is 4.48. The van der Waals surface area contributed by atoms with E-state index in [0.29, 0.717) is 60.7 Å². The molecule has 1 aromatic heterocycles. The van der Waals surface area contributed by atoms with Crippen molar-refractivity contribution >= 4 is 43.2 Å². The Balaban J connectivity index is 1.54. The van der Waals surface area contributed by atoms with Crippen molar-refractivity contribution in [2.45, 2.75) is 11.8 Å². The molecule has 1 atom stereocenters. The summed E-state index contributed by atoms with van der Waals surface area (Å²) in [7, 11) is -3.67. The largest absolute Gasteiger partial charge is 0.383 e. The van der Waals surface area contributed by atoms with Gasteiger partial charge >= 0.3 is 0 Å². The minimum atomic E-state index is -3.58. The number of para-hydroxylation sites is 1. The van der Waals surface area contributed by atoms with Crippen molar-refractivity contribution in [2.24, 2.45) is 4.36 Å². The van der Waals surface area contributed by atoms with Crippen LogP contribution in [0.3, 0.4) is 0 Å². The van der Waals surface area contributed by atoms with Gasteiger partial charge in [0.05, 0.1) is 35.6 Å². The second-order valence-electron chi connectivity index (χ2n) is 9.79. The van der Waals surface area contributed by atoms with Crippen molar-refractivity contribution in [3.63, 3.8) is 0 Å². The quantitative estimate of drug-likeness (QED) is 0.333. The van der Waals surface area contributed by atoms with Gasteiger partial charge in [0, 0.05) is 51.7 Å². The topological polar surface area (TPSA) is 161 Å². The number of methoxy groups -OCH3 is 1. The van der Waals surface area contributed by atoms with Gasteiger partial charge in [0.2, 0.25) is 16.0 Å².